The lowest BCUT2D eigenvalue weighted by Crippen LogP contribution is -2.50. The Balaban J connectivity index is 1.17. The van der Waals surface area contributed by atoms with Gasteiger partial charge in [0.15, 0.2) is 0 Å². The number of hydrogen-bond donors (Lipinski definition) is 5. The predicted octanol–water partition coefficient (Wildman–Crippen LogP) is 4.36. The van der Waals surface area contributed by atoms with Crippen LogP contribution in [0.2, 0.25) is 0 Å². The van der Waals surface area contributed by atoms with Gasteiger partial charge in [0.1, 0.15) is 30.2 Å². The van der Waals surface area contributed by atoms with E-state index in [1.165, 1.54) is 10.5 Å². The highest BCUT2D eigenvalue weighted by Gasteiger charge is 2.48. The first-order valence-electron chi connectivity index (χ1n) is 17.6. The quantitative estimate of drug-likeness (QED) is 0.125. The van der Waals surface area contributed by atoms with E-state index >= 15 is 0 Å². The van der Waals surface area contributed by atoms with Crippen LogP contribution in [0.1, 0.15) is 87.0 Å². The Morgan fingerprint density at radius 1 is 1.02 bits per heavy atom. The van der Waals surface area contributed by atoms with Crippen LogP contribution < -0.4 is 4.74 Å². The van der Waals surface area contributed by atoms with Crippen molar-refractivity contribution in [3.05, 3.63) is 83.2 Å². The fourth-order valence-corrected chi connectivity index (χ4v) is 6.31. The predicted molar refractivity (Wildman–Crippen MR) is 186 cm³/mol. The Morgan fingerprint density at radius 2 is 1.76 bits per heavy atom. The smallest absolute Gasteiger partial charge is 0.222 e. The molecule has 1 heterocycles. The van der Waals surface area contributed by atoms with Crippen molar-refractivity contribution in [2.24, 2.45) is 0 Å². The van der Waals surface area contributed by atoms with E-state index in [0.717, 1.165) is 65.7 Å². The molecule has 5 atom stereocenters. The molecule has 0 aliphatic heterocycles. The van der Waals surface area contributed by atoms with E-state index < -0.39 is 36.6 Å². The lowest BCUT2D eigenvalue weighted by atomic mass is 9.92. The molecule has 3 aromatic rings. The number of benzene rings is 2. The highest BCUT2D eigenvalue weighted by atomic mass is 16.5. The summed E-state index contributed by atoms with van der Waals surface area (Å²) in [5.41, 5.74) is 6.34. The summed E-state index contributed by atoms with van der Waals surface area (Å²) in [7, 11) is 0. The second kappa shape index (κ2) is 16.6. The van der Waals surface area contributed by atoms with Crippen molar-refractivity contribution in [1.82, 2.24) is 9.88 Å². The van der Waals surface area contributed by atoms with Crippen molar-refractivity contribution < 1.29 is 39.8 Å². The third-order valence-electron chi connectivity index (χ3n) is 9.95. The number of aryl methyl sites for hydroxylation is 1. The number of carbonyl (C=O) groups excluding carboxylic acids is 1. The highest BCUT2D eigenvalue weighted by molar-refractivity contribution is 5.76. The van der Waals surface area contributed by atoms with Crippen LogP contribution in [-0.4, -0.2) is 91.5 Å². The molecule has 5 unspecified atom stereocenters. The molecule has 5 N–H and O–H groups in total. The number of ether oxygens (including phenoxy) is 2. The second-order valence-corrected chi connectivity index (χ2v) is 13.7. The van der Waals surface area contributed by atoms with Gasteiger partial charge in [0, 0.05) is 43.0 Å². The summed E-state index contributed by atoms with van der Waals surface area (Å²) < 4.78 is 13.0. The SMILES string of the molecule is CCN(CC(O)C(O)C(O)C(O)CO)C(=O)CCCC(C)c1ccc(C)c(COC2(c3cnccc3-c3ccccc3OC3CC3)CC2)c1. The molecule has 2 aromatic carbocycles. The van der Waals surface area contributed by atoms with Gasteiger partial charge < -0.3 is 39.9 Å². The lowest BCUT2D eigenvalue weighted by Gasteiger charge is -2.30. The van der Waals surface area contributed by atoms with Crippen molar-refractivity contribution in [3.8, 4) is 16.9 Å². The summed E-state index contributed by atoms with van der Waals surface area (Å²) in [6.07, 6.45) is 3.33. The summed E-state index contributed by atoms with van der Waals surface area (Å²) in [5.74, 6) is 0.941. The van der Waals surface area contributed by atoms with Gasteiger partial charge in [-0.15, -0.1) is 0 Å². The molecule has 2 saturated carbocycles. The number of hydrogen-bond acceptors (Lipinski definition) is 9. The van der Waals surface area contributed by atoms with Gasteiger partial charge in [-0.3, -0.25) is 9.78 Å². The van der Waals surface area contributed by atoms with Crippen molar-refractivity contribution >= 4 is 5.91 Å². The molecule has 10 heteroatoms. The van der Waals surface area contributed by atoms with E-state index in [9.17, 15) is 25.2 Å². The summed E-state index contributed by atoms with van der Waals surface area (Å²) in [4.78, 5) is 18.9. The van der Waals surface area contributed by atoms with E-state index in [-0.39, 0.29) is 24.8 Å². The topological polar surface area (TPSA) is 153 Å². The Bertz CT molecular complexity index is 1540. The molecule has 2 fully saturated rings. The van der Waals surface area contributed by atoms with Crippen LogP contribution in [0.3, 0.4) is 0 Å². The molecule has 10 nitrogen and oxygen atoms in total. The number of likely N-dealkylation sites (N-methyl/N-ethyl adjacent to an activating group) is 1. The molecule has 0 saturated heterocycles. The first-order valence-corrected chi connectivity index (χ1v) is 17.6. The molecule has 1 amide bonds. The van der Waals surface area contributed by atoms with Gasteiger partial charge in [-0.25, -0.2) is 0 Å². The van der Waals surface area contributed by atoms with Gasteiger partial charge >= 0.3 is 0 Å². The first-order chi connectivity index (χ1) is 23.6. The Morgan fingerprint density at radius 3 is 2.45 bits per heavy atom. The molecule has 266 valence electrons. The fraction of sp³-hybridized carbons (Fsp3) is 0.538. The molecule has 2 aliphatic carbocycles. The van der Waals surface area contributed by atoms with E-state index in [1.54, 1.807) is 6.92 Å². The summed E-state index contributed by atoms with van der Waals surface area (Å²) >= 11 is 0. The molecule has 49 heavy (non-hydrogen) atoms. The molecule has 2 aliphatic rings. The van der Waals surface area contributed by atoms with Gasteiger partial charge in [-0.05, 0) is 92.7 Å². The normalized spacial score (nSPS) is 18.3. The second-order valence-electron chi connectivity index (χ2n) is 13.7. The maximum atomic E-state index is 12.9. The molecule has 5 rings (SSSR count). The van der Waals surface area contributed by atoms with Gasteiger partial charge in [0.25, 0.3) is 0 Å². The van der Waals surface area contributed by atoms with Crippen molar-refractivity contribution in [3.63, 3.8) is 0 Å². The van der Waals surface area contributed by atoms with Crippen LogP contribution in [0.5, 0.6) is 5.75 Å². The number of amides is 1. The Labute approximate surface area is 289 Å². The van der Waals surface area contributed by atoms with Crippen LogP contribution in [-0.2, 0) is 21.7 Å². The first kappa shape index (κ1) is 36.9. The van der Waals surface area contributed by atoms with E-state index in [1.807, 2.05) is 30.6 Å². The van der Waals surface area contributed by atoms with Crippen molar-refractivity contribution in [2.75, 3.05) is 19.7 Å². The highest BCUT2D eigenvalue weighted by Crippen LogP contribution is 2.53. The van der Waals surface area contributed by atoms with Crippen LogP contribution in [0.25, 0.3) is 11.1 Å². The van der Waals surface area contributed by atoms with Gasteiger partial charge in [0.2, 0.25) is 5.91 Å². The molecule has 0 radical (unpaired) electrons. The summed E-state index contributed by atoms with van der Waals surface area (Å²) in [6, 6.07) is 16.8. The monoisotopic (exact) mass is 676 g/mol. The molecular formula is C39H52N2O8. The number of nitrogens with zero attached hydrogens (tertiary/aromatic N) is 2. The molecular weight excluding hydrogens is 624 g/mol. The minimum atomic E-state index is -1.73. The lowest BCUT2D eigenvalue weighted by molar-refractivity contribution is -0.139. The third kappa shape index (κ3) is 9.25. The standard InChI is InChI=1S/C39H52N2O8/c1-4-41(22-33(43)37(46)38(47)34(44)23-42)36(45)11-7-8-25(2)27-13-12-26(3)28(20-27)24-48-39(17-18-39)32-21-40-19-16-30(32)31-9-5-6-10-35(31)49-29-14-15-29/h5-6,9-10,12-13,16,19-21,25,29,33-34,37-38,42-44,46-47H,4,7-8,11,14-15,17-18,22-24H2,1-3H3. The number of para-hydroxylation sites is 1. The van der Waals surface area contributed by atoms with Crippen molar-refractivity contribution in [1.29, 1.82) is 0 Å². The van der Waals surface area contributed by atoms with Crippen LogP contribution >= 0.6 is 0 Å². The molecule has 0 spiro atoms. The number of carbonyl (C=O) groups is 1. The Kier molecular flexibility index (Phi) is 12.5. The Hall–Kier alpha value is -3.38. The van der Waals surface area contributed by atoms with Gasteiger partial charge in [0.05, 0.1) is 24.9 Å². The summed E-state index contributed by atoms with van der Waals surface area (Å²) in [5, 5.41) is 49.0. The van der Waals surface area contributed by atoms with Crippen molar-refractivity contribution in [2.45, 2.75) is 114 Å². The molecule has 0 bridgehead atoms. The third-order valence-corrected chi connectivity index (χ3v) is 9.95. The average Bonchev–Trinajstić information content (AvgIpc) is 4.07. The number of pyridine rings is 1. The van der Waals surface area contributed by atoms with E-state index in [2.05, 4.69) is 49.2 Å². The number of aliphatic hydroxyl groups excluding tert-OH is 5. The van der Waals surface area contributed by atoms with E-state index in [4.69, 9.17) is 14.6 Å². The van der Waals surface area contributed by atoms with Gasteiger partial charge in [-0.2, -0.15) is 0 Å². The minimum absolute atomic E-state index is 0.164. The van der Waals surface area contributed by atoms with Crippen LogP contribution in [0.4, 0.5) is 0 Å². The summed E-state index contributed by atoms with van der Waals surface area (Å²) in [6.45, 7) is 5.87. The largest absolute Gasteiger partial charge is 0.490 e. The van der Waals surface area contributed by atoms with E-state index in [0.29, 0.717) is 25.7 Å². The molecule has 1 aromatic heterocycles. The number of aliphatic hydroxyl groups is 5. The fourth-order valence-electron chi connectivity index (χ4n) is 6.31. The zero-order chi connectivity index (χ0) is 35.1. The van der Waals surface area contributed by atoms with Crippen LogP contribution in [0, 0.1) is 6.92 Å². The maximum absolute atomic E-state index is 12.9. The zero-order valence-electron chi connectivity index (χ0n) is 28.9. The van der Waals surface area contributed by atoms with Gasteiger partial charge in [-0.1, -0.05) is 43.3 Å². The zero-order valence-corrected chi connectivity index (χ0v) is 28.9. The maximum Gasteiger partial charge on any atom is 0.222 e. The number of rotatable bonds is 19. The van der Waals surface area contributed by atoms with Crippen LogP contribution in [0.15, 0.2) is 60.9 Å². The minimum Gasteiger partial charge on any atom is -0.490 e. The average molecular weight is 677 g/mol. The number of aromatic nitrogens is 1.